The maximum absolute atomic E-state index is 13.0. The van der Waals surface area contributed by atoms with Crippen LogP contribution >= 0.6 is 0 Å². The van der Waals surface area contributed by atoms with Gasteiger partial charge in [0.15, 0.2) is 0 Å². The molecule has 8 heteroatoms. The van der Waals surface area contributed by atoms with Gasteiger partial charge in [0.25, 0.3) is 0 Å². The maximum atomic E-state index is 13.0. The zero-order valence-electron chi connectivity index (χ0n) is 15.7. The van der Waals surface area contributed by atoms with Gasteiger partial charge in [0.05, 0.1) is 13.2 Å². The Hall–Kier alpha value is -2.64. The van der Waals surface area contributed by atoms with Crippen molar-refractivity contribution in [2.24, 2.45) is 0 Å². The van der Waals surface area contributed by atoms with Crippen molar-refractivity contribution in [2.75, 3.05) is 26.2 Å². The molecule has 1 N–H and O–H groups in total. The van der Waals surface area contributed by atoms with Gasteiger partial charge >= 0.3 is 6.09 Å². The third kappa shape index (κ3) is 6.54. The molecule has 0 radical (unpaired) electrons. The first-order chi connectivity index (χ1) is 12.9. The van der Waals surface area contributed by atoms with E-state index in [1.165, 1.54) is 24.0 Å². The summed E-state index contributed by atoms with van der Waals surface area (Å²) in [4.78, 5) is 38.9. The summed E-state index contributed by atoms with van der Waals surface area (Å²) in [5.74, 6) is -0.825. The van der Waals surface area contributed by atoms with Crippen LogP contribution < -0.4 is 5.32 Å². The maximum Gasteiger partial charge on any atom is 0.409 e. The zero-order valence-corrected chi connectivity index (χ0v) is 15.7. The Morgan fingerprint density at radius 2 is 1.85 bits per heavy atom. The number of amides is 3. The van der Waals surface area contributed by atoms with Crippen LogP contribution in [-0.2, 0) is 20.9 Å². The van der Waals surface area contributed by atoms with Gasteiger partial charge in [-0.1, -0.05) is 12.1 Å². The molecule has 1 aliphatic rings. The van der Waals surface area contributed by atoms with Crippen molar-refractivity contribution in [1.82, 2.24) is 15.1 Å². The Kier molecular flexibility index (Phi) is 7.57. The first-order valence-electron chi connectivity index (χ1n) is 9.10. The van der Waals surface area contributed by atoms with Gasteiger partial charge in [-0.15, -0.1) is 0 Å². The standard InChI is InChI=1S/C19H26FN3O4/c1-3-27-19(26)22-10-8-17(9-11-22)21-18(25)13-23(14(2)24)12-15-4-6-16(20)7-5-15/h4-7,17H,3,8-13H2,1-2H3,(H,21,25). The molecule has 3 amide bonds. The minimum absolute atomic E-state index is 0.0391. The number of nitrogens with one attached hydrogen (secondary N) is 1. The molecule has 0 atom stereocenters. The van der Waals surface area contributed by atoms with E-state index in [0.717, 1.165) is 5.56 Å². The quantitative estimate of drug-likeness (QED) is 0.819. The van der Waals surface area contributed by atoms with Crippen molar-refractivity contribution >= 4 is 17.9 Å². The van der Waals surface area contributed by atoms with Crippen molar-refractivity contribution < 1.29 is 23.5 Å². The predicted octanol–water partition coefficient (Wildman–Crippen LogP) is 1.91. The molecular formula is C19H26FN3O4. The van der Waals surface area contributed by atoms with Crippen LogP contribution in [0.25, 0.3) is 0 Å². The number of carbonyl (C=O) groups is 3. The number of likely N-dealkylation sites (tertiary alicyclic amines) is 1. The molecule has 27 heavy (non-hydrogen) atoms. The molecule has 0 aliphatic carbocycles. The smallest absolute Gasteiger partial charge is 0.409 e. The van der Waals surface area contributed by atoms with Crippen LogP contribution in [0.4, 0.5) is 9.18 Å². The molecule has 0 saturated carbocycles. The van der Waals surface area contributed by atoms with E-state index in [4.69, 9.17) is 4.74 Å². The fraction of sp³-hybridized carbons (Fsp3) is 0.526. The van der Waals surface area contributed by atoms with Crippen molar-refractivity contribution in [3.8, 4) is 0 Å². The fourth-order valence-electron chi connectivity index (χ4n) is 2.96. The van der Waals surface area contributed by atoms with Crippen molar-refractivity contribution in [3.63, 3.8) is 0 Å². The highest BCUT2D eigenvalue weighted by atomic mass is 19.1. The summed E-state index contributed by atoms with van der Waals surface area (Å²) in [6, 6.07) is 5.79. The summed E-state index contributed by atoms with van der Waals surface area (Å²) in [7, 11) is 0. The average Bonchev–Trinajstić information content (AvgIpc) is 2.63. The molecule has 1 saturated heterocycles. The molecule has 0 unspecified atom stereocenters. The van der Waals surface area contributed by atoms with E-state index in [2.05, 4.69) is 5.32 Å². The van der Waals surface area contributed by atoms with Crippen LogP contribution in [0.5, 0.6) is 0 Å². The number of carbonyl (C=O) groups excluding carboxylic acids is 3. The molecule has 0 bridgehead atoms. The fourth-order valence-corrected chi connectivity index (χ4v) is 2.96. The molecule has 1 aromatic carbocycles. The lowest BCUT2D eigenvalue weighted by atomic mass is 10.1. The molecule has 148 valence electrons. The third-order valence-electron chi connectivity index (χ3n) is 4.45. The van der Waals surface area contributed by atoms with E-state index >= 15 is 0 Å². The number of nitrogens with zero attached hydrogens (tertiary/aromatic N) is 2. The highest BCUT2D eigenvalue weighted by molar-refractivity contribution is 5.84. The van der Waals surface area contributed by atoms with E-state index in [0.29, 0.717) is 32.5 Å². The van der Waals surface area contributed by atoms with E-state index < -0.39 is 0 Å². The summed E-state index contributed by atoms with van der Waals surface area (Å²) in [5.41, 5.74) is 0.752. The van der Waals surface area contributed by atoms with Crippen LogP contribution in [0.3, 0.4) is 0 Å². The lowest BCUT2D eigenvalue weighted by Gasteiger charge is -2.32. The van der Waals surface area contributed by atoms with Crippen molar-refractivity contribution in [2.45, 2.75) is 39.3 Å². The van der Waals surface area contributed by atoms with Gasteiger partial charge in [0, 0.05) is 32.6 Å². The van der Waals surface area contributed by atoms with Gasteiger partial charge < -0.3 is 19.9 Å². The molecule has 0 aromatic heterocycles. The van der Waals surface area contributed by atoms with E-state index in [1.807, 2.05) is 0 Å². The van der Waals surface area contributed by atoms with Crippen LogP contribution in [0.15, 0.2) is 24.3 Å². The Labute approximate surface area is 158 Å². The first kappa shape index (κ1) is 20.7. The normalized spacial score (nSPS) is 14.6. The molecule has 7 nitrogen and oxygen atoms in total. The number of piperidine rings is 1. The number of ether oxygens (including phenoxy) is 1. The second kappa shape index (κ2) is 9.89. The summed E-state index contributed by atoms with van der Waals surface area (Å²) in [6.07, 6.45) is 0.954. The Morgan fingerprint density at radius 1 is 1.22 bits per heavy atom. The molecule has 1 fully saturated rings. The van der Waals surface area contributed by atoms with E-state index in [9.17, 15) is 18.8 Å². The number of halogens is 1. The molecule has 1 aromatic rings. The van der Waals surface area contributed by atoms with Crippen LogP contribution in [0.2, 0.25) is 0 Å². The van der Waals surface area contributed by atoms with Gasteiger partial charge in [0.1, 0.15) is 5.82 Å². The van der Waals surface area contributed by atoms with Gasteiger partial charge in [-0.25, -0.2) is 9.18 Å². The Morgan fingerprint density at radius 3 is 2.41 bits per heavy atom. The zero-order chi connectivity index (χ0) is 19.8. The van der Waals surface area contributed by atoms with Crippen molar-refractivity contribution in [3.05, 3.63) is 35.6 Å². The molecule has 1 aliphatic heterocycles. The SMILES string of the molecule is CCOC(=O)N1CCC(NC(=O)CN(Cc2ccc(F)cc2)C(C)=O)CC1. The van der Waals surface area contributed by atoms with E-state index in [1.54, 1.807) is 24.0 Å². The minimum Gasteiger partial charge on any atom is -0.450 e. The van der Waals surface area contributed by atoms with Gasteiger partial charge in [0.2, 0.25) is 11.8 Å². The highest BCUT2D eigenvalue weighted by Gasteiger charge is 2.25. The third-order valence-corrected chi connectivity index (χ3v) is 4.45. The topological polar surface area (TPSA) is 79.0 Å². The summed E-state index contributed by atoms with van der Waals surface area (Å²) < 4.78 is 18.0. The second-order valence-electron chi connectivity index (χ2n) is 6.53. The predicted molar refractivity (Wildman–Crippen MR) is 97.3 cm³/mol. The lowest BCUT2D eigenvalue weighted by Crippen LogP contribution is -2.49. The van der Waals surface area contributed by atoms with Crippen LogP contribution in [0.1, 0.15) is 32.3 Å². The first-order valence-corrected chi connectivity index (χ1v) is 9.10. The monoisotopic (exact) mass is 379 g/mol. The molecular weight excluding hydrogens is 353 g/mol. The summed E-state index contributed by atoms with van der Waals surface area (Å²) in [6.45, 7) is 4.72. The number of rotatable bonds is 6. The number of benzene rings is 1. The molecule has 0 spiro atoms. The lowest BCUT2D eigenvalue weighted by molar-refractivity contribution is -0.135. The van der Waals surface area contributed by atoms with Crippen LogP contribution in [-0.4, -0.2) is 60.0 Å². The highest BCUT2D eigenvalue weighted by Crippen LogP contribution is 2.12. The number of hydrogen-bond donors (Lipinski definition) is 1. The summed E-state index contributed by atoms with van der Waals surface area (Å²) >= 11 is 0. The molecule has 1 heterocycles. The molecule has 2 rings (SSSR count). The Balaban J connectivity index is 1.81. The van der Waals surface area contributed by atoms with Crippen LogP contribution in [0, 0.1) is 5.82 Å². The Bertz CT molecular complexity index is 657. The van der Waals surface area contributed by atoms with E-state index in [-0.39, 0.29) is 42.9 Å². The largest absolute Gasteiger partial charge is 0.450 e. The average molecular weight is 379 g/mol. The number of hydrogen-bond acceptors (Lipinski definition) is 4. The summed E-state index contributed by atoms with van der Waals surface area (Å²) in [5, 5.41) is 2.92. The van der Waals surface area contributed by atoms with Gasteiger partial charge in [-0.05, 0) is 37.5 Å². The van der Waals surface area contributed by atoms with Gasteiger partial charge in [-0.2, -0.15) is 0 Å². The van der Waals surface area contributed by atoms with Crippen molar-refractivity contribution in [1.29, 1.82) is 0 Å². The minimum atomic E-state index is -0.347. The second-order valence-corrected chi connectivity index (χ2v) is 6.53. The van der Waals surface area contributed by atoms with Gasteiger partial charge in [-0.3, -0.25) is 9.59 Å².